The molecule has 0 fully saturated rings. The fourth-order valence-corrected chi connectivity index (χ4v) is 5.25. The zero-order chi connectivity index (χ0) is 25.0. The van der Waals surface area contributed by atoms with Crippen LogP contribution >= 0.6 is 11.3 Å². The van der Waals surface area contributed by atoms with Gasteiger partial charge in [-0.15, -0.1) is 16.4 Å². The van der Waals surface area contributed by atoms with E-state index in [1.54, 1.807) is 18.4 Å². The number of rotatable bonds is 8. The van der Waals surface area contributed by atoms with Gasteiger partial charge in [-0.25, -0.2) is 9.67 Å². The fourth-order valence-electron chi connectivity index (χ4n) is 4.25. The van der Waals surface area contributed by atoms with Crippen LogP contribution in [0.15, 0.2) is 77.9 Å². The van der Waals surface area contributed by atoms with Crippen LogP contribution in [0.25, 0.3) is 20.8 Å². The molecule has 0 saturated carbocycles. The van der Waals surface area contributed by atoms with Gasteiger partial charge in [0.2, 0.25) is 0 Å². The van der Waals surface area contributed by atoms with Gasteiger partial charge in [0.1, 0.15) is 23.1 Å². The Labute approximate surface area is 218 Å². The molecule has 0 aliphatic carbocycles. The van der Waals surface area contributed by atoms with Crippen LogP contribution in [0.5, 0.6) is 11.5 Å². The third kappa shape index (κ3) is 5.17. The van der Waals surface area contributed by atoms with Crippen molar-refractivity contribution < 1.29 is 9.47 Å². The van der Waals surface area contributed by atoms with Crippen molar-refractivity contribution in [2.75, 3.05) is 20.2 Å². The third-order valence-electron chi connectivity index (χ3n) is 6.12. The Balaban J connectivity index is 1.17. The van der Waals surface area contributed by atoms with Crippen LogP contribution in [0.3, 0.4) is 0 Å². The molecule has 3 aromatic carbocycles. The number of hydrogen-bond donors (Lipinski definition) is 1. The van der Waals surface area contributed by atoms with Gasteiger partial charge in [0.15, 0.2) is 11.5 Å². The van der Waals surface area contributed by atoms with Gasteiger partial charge >= 0.3 is 0 Å². The van der Waals surface area contributed by atoms with Gasteiger partial charge < -0.3 is 14.8 Å². The Morgan fingerprint density at radius 1 is 1.00 bits per heavy atom. The van der Waals surface area contributed by atoms with Gasteiger partial charge in [-0.1, -0.05) is 35.5 Å². The molecule has 8 nitrogen and oxygen atoms in total. The first-order valence-corrected chi connectivity index (χ1v) is 13.0. The molecule has 2 aromatic heterocycles. The van der Waals surface area contributed by atoms with Gasteiger partial charge in [-0.05, 0) is 48.4 Å². The number of aromatic nitrogens is 4. The molecule has 0 amide bonds. The quantitative estimate of drug-likeness (QED) is 0.319. The van der Waals surface area contributed by atoms with Crippen molar-refractivity contribution in [2.45, 2.75) is 19.6 Å². The Morgan fingerprint density at radius 2 is 1.89 bits per heavy atom. The van der Waals surface area contributed by atoms with E-state index in [1.807, 2.05) is 47.3 Å². The molecule has 6 rings (SSSR count). The van der Waals surface area contributed by atoms with Gasteiger partial charge in [-0.3, -0.25) is 4.99 Å². The molecule has 0 atom stereocenters. The second kappa shape index (κ2) is 10.4. The standard InChI is InChI=1S/C28H26N6O2S/c1-35-25-14-21(28-31-23-10-8-20(15-26(23)37-28)27-29-12-5-13-30-27)9-11-24(25)36-18-22-17-34(33-32-22)16-19-6-3-2-4-7-19/h2-4,6-11,14-15,17H,5,12-13,16,18H2,1H3,(H,29,30). The van der Waals surface area contributed by atoms with Gasteiger partial charge in [0, 0.05) is 24.2 Å². The van der Waals surface area contributed by atoms with Gasteiger partial charge in [0.25, 0.3) is 0 Å². The molecule has 1 N–H and O–H groups in total. The second-order valence-electron chi connectivity index (χ2n) is 8.76. The number of hydrogen-bond acceptors (Lipinski definition) is 8. The first-order chi connectivity index (χ1) is 18.2. The largest absolute Gasteiger partial charge is 0.493 e. The SMILES string of the molecule is COc1cc(-c2nc3ccc(C4=NCCCN4)cc3s2)ccc1OCc1cn(Cc2ccccc2)nn1. The van der Waals surface area contributed by atoms with Crippen LogP contribution in [-0.2, 0) is 13.2 Å². The predicted octanol–water partition coefficient (Wildman–Crippen LogP) is 4.93. The molecule has 1 aliphatic heterocycles. The van der Waals surface area contributed by atoms with Crippen LogP contribution in [-0.4, -0.2) is 46.0 Å². The average molecular weight is 511 g/mol. The monoisotopic (exact) mass is 510 g/mol. The highest BCUT2D eigenvalue weighted by Gasteiger charge is 2.14. The molecular formula is C28H26N6O2S. The number of fused-ring (bicyclic) bond motifs is 1. The summed E-state index contributed by atoms with van der Waals surface area (Å²) >= 11 is 1.66. The maximum atomic E-state index is 6.03. The summed E-state index contributed by atoms with van der Waals surface area (Å²) in [6.07, 6.45) is 2.98. The summed E-state index contributed by atoms with van der Waals surface area (Å²) < 4.78 is 14.6. The van der Waals surface area contributed by atoms with Crippen molar-refractivity contribution in [1.82, 2.24) is 25.3 Å². The van der Waals surface area contributed by atoms with E-state index < -0.39 is 0 Å². The number of thiazole rings is 1. The summed E-state index contributed by atoms with van der Waals surface area (Å²) in [7, 11) is 1.64. The highest BCUT2D eigenvalue weighted by atomic mass is 32.1. The minimum absolute atomic E-state index is 0.298. The fraction of sp³-hybridized carbons (Fsp3) is 0.214. The van der Waals surface area contributed by atoms with E-state index in [9.17, 15) is 0 Å². The summed E-state index contributed by atoms with van der Waals surface area (Å²) in [4.78, 5) is 9.46. The van der Waals surface area contributed by atoms with E-state index in [-0.39, 0.29) is 0 Å². The summed E-state index contributed by atoms with van der Waals surface area (Å²) in [5.41, 5.74) is 4.97. The number of methoxy groups -OCH3 is 1. The van der Waals surface area contributed by atoms with Crippen LogP contribution in [0, 0.1) is 0 Å². The second-order valence-corrected chi connectivity index (χ2v) is 9.79. The maximum absolute atomic E-state index is 6.03. The van der Waals surface area contributed by atoms with Crippen LogP contribution in [0.1, 0.15) is 23.2 Å². The van der Waals surface area contributed by atoms with E-state index in [0.29, 0.717) is 24.7 Å². The summed E-state index contributed by atoms with van der Waals surface area (Å²) in [6.45, 7) is 2.80. The lowest BCUT2D eigenvalue weighted by atomic mass is 10.1. The van der Waals surface area contributed by atoms with Crippen LogP contribution in [0.2, 0.25) is 0 Å². The van der Waals surface area contributed by atoms with Crippen molar-refractivity contribution in [1.29, 1.82) is 0 Å². The van der Waals surface area contributed by atoms with E-state index in [0.717, 1.165) is 57.4 Å². The Hall–Kier alpha value is -4.24. The van der Waals surface area contributed by atoms with Crippen molar-refractivity contribution >= 4 is 27.4 Å². The number of nitrogens with one attached hydrogen (secondary N) is 1. The zero-order valence-electron chi connectivity index (χ0n) is 20.4. The molecule has 37 heavy (non-hydrogen) atoms. The summed E-state index contributed by atoms with van der Waals surface area (Å²) in [5, 5.41) is 12.8. The number of aliphatic imine (C=N–C) groups is 1. The lowest BCUT2D eigenvalue weighted by molar-refractivity contribution is 0.280. The molecule has 3 heterocycles. The minimum Gasteiger partial charge on any atom is -0.493 e. The first-order valence-electron chi connectivity index (χ1n) is 12.2. The molecule has 186 valence electrons. The molecule has 5 aromatic rings. The minimum atomic E-state index is 0.298. The van der Waals surface area contributed by atoms with E-state index >= 15 is 0 Å². The Morgan fingerprint density at radius 3 is 2.73 bits per heavy atom. The Bertz CT molecular complexity index is 1560. The molecule has 1 aliphatic rings. The highest BCUT2D eigenvalue weighted by molar-refractivity contribution is 7.21. The summed E-state index contributed by atoms with van der Waals surface area (Å²) in [6, 6.07) is 22.4. The normalized spacial score (nSPS) is 13.3. The number of ether oxygens (including phenoxy) is 2. The van der Waals surface area contributed by atoms with Gasteiger partial charge in [0.05, 0.1) is 30.1 Å². The van der Waals surface area contributed by atoms with Crippen molar-refractivity contribution in [3.63, 3.8) is 0 Å². The first kappa shape index (κ1) is 23.2. The maximum Gasteiger partial charge on any atom is 0.161 e. The predicted molar refractivity (Wildman–Crippen MR) is 146 cm³/mol. The molecule has 0 saturated heterocycles. The molecule has 9 heteroatoms. The highest BCUT2D eigenvalue weighted by Crippen LogP contribution is 2.36. The van der Waals surface area contributed by atoms with Crippen molar-refractivity contribution in [3.05, 3.63) is 89.7 Å². The summed E-state index contributed by atoms with van der Waals surface area (Å²) in [5.74, 6) is 2.26. The zero-order valence-corrected chi connectivity index (χ0v) is 21.2. The number of benzene rings is 3. The van der Waals surface area contributed by atoms with Crippen molar-refractivity contribution in [3.8, 4) is 22.1 Å². The Kier molecular flexibility index (Phi) is 6.51. The smallest absolute Gasteiger partial charge is 0.161 e. The topological polar surface area (TPSA) is 86.5 Å². The number of amidine groups is 1. The van der Waals surface area contributed by atoms with Crippen LogP contribution in [0.4, 0.5) is 0 Å². The lowest BCUT2D eigenvalue weighted by Gasteiger charge is -2.14. The third-order valence-corrected chi connectivity index (χ3v) is 7.19. The van der Waals surface area contributed by atoms with Crippen molar-refractivity contribution in [2.24, 2.45) is 4.99 Å². The van der Waals surface area contributed by atoms with E-state index in [1.165, 1.54) is 5.56 Å². The molecule has 0 radical (unpaired) electrons. The molecular weight excluding hydrogens is 484 g/mol. The average Bonchev–Trinajstić information content (AvgIpc) is 3.59. The molecule has 0 spiro atoms. The number of nitrogens with zero attached hydrogens (tertiary/aromatic N) is 5. The lowest BCUT2D eigenvalue weighted by Crippen LogP contribution is -2.30. The van der Waals surface area contributed by atoms with E-state index in [2.05, 4.69) is 51.0 Å². The van der Waals surface area contributed by atoms with E-state index in [4.69, 9.17) is 14.5 Å². The molecule has 0 bridgehead atoms. The molecule has 0 unspecified atom stereocenters. The van der Waals surface area contributed by atoms with Crippen LogP contribution < -0.4 is 14.8 Å². The van der Waals surface area contributed by atoms with Gasteiger partial charge in [-0.2, -0.15) is 0 Å².